The van der Waals surface area contributed by atoms with Crippen molar-refractivity contribution in [2.75, 3.05) is 6.54 Å². The van der Waals surface area contributed by atoms with Crippen LogP contribution in [0.15, 0.2) is 42.5 Å². The summed E-state index contributed by atoms with van der Waals surface area (Å²) in [6.07, 6.45) is 1.11. The van der Waals surface area contributed by atoms with Crippen LogP contribution in [-0.2, 0) is 0 Å². The second kappa shape index (κ2) is 7.69. The lowest BCUT2D eigenvalue weighted by atomic mass is 10.1. The first-order chi connectivity index (χ1) is 10.1. The Hall–Kier alpha value is -1.22. The van der Waals surface area contributed by atoms with E-state index in [2.05, 4.69) is 25.2 Å². The Morgan fingerprint density at radius 1 is 1.05 bits per heavy atom. The van der Waals surface area contributed by atoms with Gasteiger partial charge in [-0.25, -0.2) is 0 Å². The zero-order valence-corrected chi connectivity index (χ0v) is 13.7. The number of halogens is 2. The van der Waals surface area contributed by atoms with Gasteiger partial charge in [0.1, 0.15) is 11.5 Å². The van der Waals surface area contributed by atoms with Crippen LogP contribution < -0.4 is 10.1 Å². The second-order valence-corrected chi connectivity index (χ2v) is 5.74. The van der Waals surface area contributed by atoms with Crippen molar-refractivity contribution in [1.29, 1.82) is 0 Å². The van der Waals surface area contributed by atoms with E-state index in [0.717, 1.165) is 18.7 Å². The van der Waals surface area contributed by atoms with Gasteiger partial charge in [-0.15, -0.1) is 0 Å². The minimum Gasteiger partial charge on any atom is -0.457 e. The maximum Gasteiger partial charge on any atom is 0.129 e. The van der Waals surface area contributed by atoms with Gasteiger partial charge in [0.25, 0.3) is 0 Å². The van der Waals surface area contributed by atoms with Crippen molar-refractivity contribution < 1.29 is 4.74 Å². The molecule has 0 aliphatic heterocycles. The van der Waals surface area contributed by atoms with Gasteiger partial charge in [-0.2, -0.15) is 0 Å². The molecular formula is C17H19Cl2NO. The third-order valence-electron chi connectivity index (χ3n) is 3.19. The Morgan fingerprint density at radius 3 is 2.52 bits per heavy atom. The largest absolute Gasteiger partial charge is 0.457 e. The van der Waals surface area contributed by atoms with E-state index in [1.807, 2.05) is 18.2 Å². The van der Waals surface area contributed by atoms with Crippen LogP contribution in [0.5, 0.6) is 11.5 Å². The van der Waals surface area contributed by atoms with Crippen LogP contribution in [0.2, 0.25) is 10.0 Å². The van der Waals surface area contributed by atoms with Gasteiger partial charge in [-0.05, 0) is 49.7 Å². The van der Waals surface area contributed by atoms with E-state index in [4.69, 9.17) is 27.9 Å². The van der Waals surface area contributed by atoms with Crippen molar-refractivity contribution >= 4 is 23.2 Å². The first-order valence-corrected chi connectivity index (χ1v) is 7.82. The Labute approximate surface area is 136 Å². The minimum absolute atomic E-state index is 0.294. The maximum absolute atomic E-state index is 6.00. The van der Waals surface area contributed by atoms with E-state index in [0.29, 0.717) is 21.8 Å². The zero-order chi connectivity index (χ0) is 15.2. The SMILES string of the molecule is CCCNC(C)c1cccc(Oc2ccc(Cl)c(Cl)c2)c1. The summed E-state index contributed by atoms with van der Waals surface area (Å²) in [5.41, 5.74) is 1.20. The van der Waals surface area contributed by atoms with Crippen LogP contribution in [0.4, 0.5) is 0 Å². The van der Waals surface area contributed by atoms with Gasteiger partial charge in [0, 0.05) is 12.1 Å². The molecule has 2 rings (SSSR count). The molecule has 0 spiro atoms. The monoisotopic (exact) mass is 323 g/mol. The number of nitrogens with one attached hydrogen (secondary N) is 1. The van der Waals surface area contributed by atoms with Crippen molar-refractivity contribution in [2.45, 2.75) is 26.3 Å². The average Bonchev–Trinajstić information content (AvgIpc) is 2.49. The highest BCUT2D eigenvalue weighted by Crippen LogP contribution is 2.30. The summed E-state index contributed by atoms with van der Waals surface area (Å²) in [6, 6.07) is 13.6. The average molecular weight is 324 g/mol. The molecule has 0 bridgehead atoms. The van der Waals surface area contributed by atoms with Crippen molar-refractivity contribution in [3.8, 4) is 11.5 Å². The molecule has 0 saturated heterocycles. The fraction of sp³-hybridized carbons (Fsp3) is 0.294. The topological polar surface area (TPSA) is 21.3 Å². The summed E-state index contributed by atoms with van der Waals surface area (Å²) < 4.78 is 5.84. The quantitative estimate of drug-likeness (QED) is 0.720. The standard InChI is InChI=1S/C17H19Cl2NO/c1-3-9-20-12(2)13-5-4-6-14(10-13)21-15-7-8-16(18)17(19)11-15/h4-8,10-12,20H,3,9H2,1-2H3. The zero-order valence-electron chi connectivity index (χ0n) is 12.2. The summed E-state index contributed by atoms with van der Waals surface area (Å²) >= 11 is 11.9. The molecule has 4 heteroatoms. The number of benzene rings is 2. The molecule has 1 unspecified atom stereocenters. The van der Waals surface area contributed by atoms with Gasteiger partial charge < -0.3 is 10.1 Å². The molecule has 1 N–H and O–H groups in total. The molecule has 0 heterocycles. The molecule has 0 aliphatic carbocycles. The third-order valence-corrected chi connectivity index (χ3v) is 3.92. The smallest absolute Gasteiger partial charge is 0.129 e. The number of hydrogen-bond donors (Lipinski definition) is 1. The lowest BCUT2D eigenvalue weighted by Gasteiger charge is -2.15. The maximum atomic E-state index is 6.00. The molecule has 2 aromatic rings. The van der Waals surface area contributed by atoms with Crippen molar-refractivity contribution in [1.82, 2.24) is 5.32 Å². The minimum atomic E-state index is 0.294. The predicted octanol–water partition coefficient (Wildman–Crippen LogP) is 5.85. The number of rotatable bonds is 6. The van der Waals surface area contributed by atoms with E-state index in [1.54, 1.807) is 18.2 Å². The summed E-state index contributed by atoms with van der Waals surface area (Å²) in [5, 5.41) is 4.47. The normalized spacial score (nSPS) is 12.2. The second-order valence-electron chi connectivity index (χ2n) is 4.93. The van der Waals surface area contributed by atoms with E-state index >= 15 is 0 Å². The van der Waals surface area contributed by atoms with E-state index < -0.39 is 0 Å². The Bertz CT molecular complexity index is 601. The van der Waals surface area contributed by atoms with Gasteiger partial charge in [-0.3, -0.25) is 0 Å². The molecule has 2 aromatic carbocycles. The highest BCUT2D eigenvalue weighted by molar-refractivity contribution is 6.42. The predicted molar refractivity (Wildman–Crippen MR) is 89.7 cm³/mol. The van der Waals surface area contributed by atoms with E-state index in [1.165, 1.54) is 5.56 Å². The molecule has 0 amide bonds. The number of ether oxygens (including phenoxy) is 1. The van der Waals surface area contributed by atoms with Crippen molar-refractivity contribution in [2.24, 2.45) is 0 Å². The third kappa shape index (κ3) is 4.63. The lowest BCUT2D eigenvalue weighted by molar-refractivity contribution is 0.479. The molecule has 0 radical (unpaired) electrons. The first-order valence-electron chi connectivity index (χ1n) is 7.06. The summed E-state index contributed by atoms with van der Waals surface area (Å²) in [5.74, 6) is 1.46. The molecule has 112 valence electrons. The summed E-state index contributed by atoms with van der Waals surface area (Å²) in [7, 11) is 0. The van der Waals surface area contributed by atoms with E-state index in [-0.39, 0.29) is 0 Å². The lowest BCUT2D eigenvalue weighted by Crippen LogP contribution is -2.19. The molecule has 21 heavy (non-hydrogen) atoms. The molecule has 0 aromatic heterocycles. The fourth-order valence-corrected chi connectivity index (χ4v) is 2.29. The molecule has 0 aliphatic rings. The molecule has 2 nitrogen and oxygen atoms in total. The van der Waals surface area contributed by atoms with Gasteiger partial charge >= 0.3 is 0 Å². The fourth-order valence-electron chi connectivity index (χ4n) is 2.00. The van der Waals surface area contributed by atoms with Crippen LogP contribution in [0.3, 0.4) is 0 Å². The summed E-state index contributed by atoms with van der Waals surface area (Å²) in [4.78, 5) is 0. The number of hydrogen-bond acceptors (Lipinski definition) is 2. The molecule has 0 fully saturated rings. The van der Waals surface area contributed by atoms with Gasteiger partial charge in [0.05, 0.1) is 10.0 Å². The molecule has 1 atom stereocenters. The van der Waals surface area contributed by atoms with Crippen LogP contribution in [-0.4, -0.2) is 6.54 Å². The Balaban J connectivity index is 2.11. The highest BCUT2D eigenvalue weighted by Gasteiger charge is 2.07. The van der Waals surface area contributed by atoms with Crippen molar-refractivity contribution in [3.05, 3.63) is 58.1 Å². The van der Waals surface area contributed by atoms with Gasteiger partial charge in [0.15, 0.2) is 0 Å². The summed E-state index contributed by atoms with van der Waals surface area (Å²) in [6.45, 7) is 5.30. The molecule has 0 saturated carbocycles. The van der Waals surface area contributed by atoms with Gasteiger partial charge in [0.2, 0.25) is 0 Å². The molecular weight excluding hydrogens is 305 g/mol. The van der Waals surface area contributed by atoms with Gasteiger partial charge in [-0.1, -0.05) is 42.3 Å². The van der Waals surface area contributed by atoms with Crippen LogP contribution in [0.1, 0.15) is 31.9 Å². The Kier molecular flexibility index (Phi) is 5.92. The van der Waals surface area contributed by atoms with Crippen molar-refractivity contribution in [3.63, 3.8) is 0 Å². The highest BCUT2D eigenvalue weighted by atomic mass is 35.5. The first kappa shape index (κ1) is 16.2. The van der Waals surface area contributed by atoms with E-state index in [9.17, 15) is 0 Å². The Morgan fingerprint density at radius 2 is 1.81 bits per heavy atom. The van der Waals surface area contributed by atoms with Crippen LogP contribution >= 0.6 is 23.2 Å². The van der Waals surface area contributed by atoms with Crippen LogP contribution in [0, 0.1) is 0 Å². The van der Waals surface area contributed by atoms with Crippen LogP contribution in [0.25, 0.3) is 0 Å².